The minimum atomic E-state index is 0.356. The fraction of sp³-hybridized carbons (Fsp3) is 0.647. The molecule has 1 saturated heterocycles. The van der Waals surface area contributed by atoms with E-state index < -0.39 is 0 Å². The summed E-state index contributed by atoms with van der Waals surface area (Å²) in [6.07, 6.45) is 3.90. The van der Waals surface area contributed by atoms with Crippen molar-refractivity contribution in [1.29, 1.82) is 0 Å². The third-order valence-electron chi connectivity index (χ3n) is 3.95. The summed E-state index contributed by atoms with van der Waals surface area (Å²) in [4.78, 5) is 13.5. The SMILES string of the molecule is CCNC(=NCCCN(C)C)NC1CCN(c2ncccc2Cl)C1. The lowest BCUT2D eigenvalue weighted by atomic mass is 10.3. The highest BCUT2D eigenvalue weighted by Gasteiger charge is 2.25. The van der Waals surface area contributed by atoms with E-state index in [1.807, 2.05) is 12.1 Å². The Balaban J connectivity index is 1.87. The molecule has 1 atom stereocenters. The number of nitrogens with one attached hydrogen (secondary N) is 2. The molecule has 0 radical (unpaired) electrons. The molecule has 24 heavy (non-hydrogen) atoms. The molecule has 0 bridgehead atoms. The van der Waals surface area contributed by atoms with Crippen LogP contribution in [0.5, 0.6) is 0 Å². The number of aromatic nitrogens is 1. The van der Waals surface area contributed by atoms with Crippen LogP contribution in [0.15, 0.2) is 23.3 Å². The van der Waals surface area contributed by atoms with Crippen LogP contribution in [0.25, 0.3) is 0 Å². The van der Waals surface area contributed by atoms with Crippen molar-refractivity contribution < 1.29 is 0 Å². The van der Waals surface area contributed by atoms with Crippen molar-refractivity contribution in [3.63, 3.8) is 0 Å². The highest BCUT2D eigenvalue weighted by Crippen LogP contribution is 2.25. The molecule has 1 fully saturated rings. The average Bonchev–Trinajstić information content (AvgIpc) is 3.00. The molecule has 1 aromatic heterocycles. The van der Waals surface area contributed by atoms with Crippen molar-refractivity contribution in [1.82, 2.24) is 20.5 Å². The quantitative estimate of drug-likeness (QED) is 0.445. The summed E-state index contributed by atoms with van der Waals surface area (Å²) in [5, 5.41) is 7.58. The summed E-state index contributed by atoms with van der Waals surface area (Å²) in [6, 6.07) is 4.11. The monoisotopic (exact) mass is 352 g/mol. The summed E-state index contributed by atoms with van der Waals surface area (Å²) < 4.78 is 0. The maximum absolute atomic E-state index is 6.25. The predicted octanol–water partition coefficient (Wildman–Crippen LogP) is 1.82. The van der Waals surface area contributed by atoms with E-state index in [0.717, 1.165) is 57.3 Å². The number of aliphatic imine (C=N–C) groups is 1. The van der Waals surface area contributed by atoms with Crippen LogP contribution >= 0.6 is 11.6 Å². The second-order valence-corrected chi connectivity index (χ2v) is 6.71. The lowest BCUT2D eigenvalue weighted by Gasteiger charge is -2.20. The predicted molar refractivity (Wildman–Crippen MR) is 102 cm³/mol. The van der Waals surface area contributed by atoms with Gasteiger partial charge in [0.25, 0.3) is 0 Å². The van der Waals surface area contributed by atoms with Crippen LogP contribution in [0.1, 0.15) is 19.8 Å². The Morgan fingerprint density at radius 1 is 1.50 bits per heavy atom. The minimum Gasteiger partial charge on any atom is -0.357 e. The number of guanidine groups is 1. The van der Waals surface area contributed by atoms with Crippen molar-refractivity contribution in [3.05, 3.63) is 23.4 Å². The first-order chi connectivity index (χ1) is 11.6. The Hall–Kier alpha value is -1.53. The largest absolute Gasteiger partial charge is 0.357 e. The lowest BCUT2D eigenvalue weighted by molar-refractivity contribution is 0.403. The molecule has 0 amide bonds. The first-order valence-corrected chi connectivity index (χ1v) is 9.03. The van der Waals surface area contributed by atoms with E-state index in [4.69, 9.17) is 11.6 Å². The van der Waals surface area contributed by atoms with Gasteiger partial charge in [-0.15, -0.1) is 0 Å². The summed E-state index contributed by atoms with van der Waals surface area (Å²) >= 11 is 6.25. The zero-order valence-corrected chi connectivity index (χ0v) is 15.7. The summed E-state index contributed by atoms with van der Waals surface area (Å²) in [5.41, 5.74) is 0. The van der Waals surface area contributed by atoms with Crippen molar-refractivity contribution in [2.24, 2.45) is 4.99 Å². The molecule has 7 heteroatoms. The van der Waals surface area contributed by atoms with Gasteiger partial charge in [0.2, 0.25) is 0 Å². The van der Waals surface area contributed by atoms with Crippen LogP contribution in [0.4, 0.5) is 5.82 Å². The third-order valence-corrected chi connectivity index (χ3v) is 4.24. The topological polar surface area (TPSA) is 55.8 Å². The van der Waals surface area contributed by atoms with Gasteiger partial charge >= 0.3 is 0 Å². The van der Waals surface area contributed by atoms with Gasteiger partial charge in [0.05, 0.1) is 5.02 Å². The third kappa shape index (κ3) is 5.83. The smallest absolute Gasteiger partial charge is 0.191 e. The first kappa shape index (κ1) is 18.8. The molecule has 1 aliphatic heterocycles. The molecule has 2 N–H and O–H groups in total. The van der Waals surface area contributed by atoms with Gasteiger partial charge in [-0.1, -0.05) is 11.6 Å². The summed E-state index contributed by atoms with van der Waals surface area (Å²) in [5.74, 6) is 1.77. The Bertz CT molecular complexity index is 534. The van der Waals surface area contributed by atoms with Gasteiger partial charge in [-0.25, -0.2) is 4.98 Å². The van der Waals surface area contributed by atoms with Gasteiger partial charge in [0, 0.05) is 38.4 Å². The normalized spacial score (nSPS) is 18.3. The van der Waals surface area contributed by atoms with Crippen molar-refractivity contribution in [3.8, 4) is 0 Å². The van der Waals surface area contributed by atoms with Gasteiger partial charge in [-0.3, -0.25) is 4.99 Å². The molecule has 6 nitrogen and oxygen atoms in total. The molecule has 0 saturated carbocycles. The molecule has 134 valence electrons. The van der Waals surface area contributed by atoms with Gasteiger partial charge in [-0.05, 0) is 52.5 Å². The van der Waals surface area contributed by atoms with E-state index >= 15 is 0 Å². The van der Waals surface area contributed by atoms with E-state index in [0.29, 0.717) is 11.1 Å². The van der Waals surface area contributed by atoms with Crippen molar-refractivity contribution in [2.75, 3.05) is 51.7 Å². The molecule has 1 unspecified atom stereocenters. The van der Waals surface area contributed by atoms with Crippen LogP contribution in [-0.2, 0) is 0 Å². The second-order valence-electron chi connectivity index (χ2n) is 6.30. The van der Waals surface area contributed by atoms with Crippen LogP contribution in [-0.4, -0.2) is 68.7 Å². The summed E-state index contributed by atoms with van der Waals surface area (Å²) in [7, 11) is 4.17. The molecule has 1 aromatic rings. The molecular weight excluding hydrogens is 324 g/mol. The molecule has 0 aliphatic carbocycles. The average molecular weight is 353 g/mol. The molecular formula is C17H29ClN6. The van der Waals surface area contributed by atoms with E-state index in [1.165, 1.54) is 0 Å². The van der Waals surface area contributed by atoms with Crippen molar-refractivity contribution >= 4 is 23.4 Å². The van der Waals surface area contributed by atoms with Crippen LogP contribution in [0, 0.1) is 0 Å². The van der Waals surface area contributed by atoms with Crippen LogP contribution < -0.4 is 15.5 Å². The number of halogens is 1. The van der Waals surface area contributed by atoms with E-state index in [-0.39, 0.29) is 0 Å². The van der Waals surface area contributed by atoms with Gasteiger partial charge in [-0.2, -0.15) is 0 Å². The molecule has 2 heterocycles. The van der Waals surface area contributed by atoms with Crippen LogP contribution in [0.2, 0.25) is 5.02 Å². The fourth-order valence-corrected chi connectivity index (χ4v) is 3.01. The highest BCUT2D eigenvalue weighted by molar-refractivity contribution is 6.32. The summed E-state index contributed by atoms with van der Waals surface area (Å²) in [6.45, 7) is 6.68. The Morgan fingerprint density at radius 3 is 3.04 bits per heavy atom. The number of anilines is 1. The molecule has 1 aliphatic rings. The maximum Gasteiger partial charge on any atom is 0.191 e. The minimum absolute atomic E-state index is 0.356. The standard InChI is InChI=1S/C17H29ClN6/c1-4-19-17(21-10-6-11-23(2)3)22-14-8-12-24(13-14)16-15(18)7-5-9-20-16/h5,7,9,14H,4,6,8,10-13H2,1-3H3,(H2,19,21,22). The van der Waals surface area contributed by atoms with Gasteiger partial charge in [0.15, 0.2) is 5.96 Å². The van der Waals surface area contributed by atoms with Gasteiger partial charge < -0.3 is 20.4 Å². The highest BCUT2D eigenvalue weighted by atomic mass is 35.5. The Kier molecular flexibility index (Phi) is 7.59. The maximum atomic E-state index is 6.25. The van der Waals surface area contributed by atoms with Crippen LogP contribution in [0.3, 0.4) is 0 Å². The molecule has 2 rings (SSSR count). The van der Waals surface area contributed by atoms with Gasteiger partial charge in [0.1, 0.15) is 5.82 Å². The van der Waals surface area contributed by atoms with E-state index in [2.05, 4.69) is 51.4 Å². The zero-order chi connectivity index (χ0) is 17.4. The number of hydrogen-bond donors (Lipinski definition) is 2. The molecule has 0 spiro atoms. The number of rotatable bonds is 7. The van der Waals surface area contributed by atoms with Crippen molar-refractivity contribution in [2.45, 2.75) is 25.8 Å². The number of hydrogen-bond acceptors (Lipinski definition) is 4. The number of pyridine rings is 1. The number of nitrogens with zero attached hydrogens (tertiary/aromatic N) is 4. The Morgan fingerprint density at radius 2 is 2.33 bits per heavy atom. The van der Waals surface area contributed by atoms with E-state index in [9.17, 15) is 0 Å². The zero-order valence-electron chi connectivity index (χ0n) is 14.9. The lowest BCUT2D eigenvalue weighted by Crippen LogP contribution is -2.44. The fourth-order valence-electron chi connectivity index (χ4n) is 2.77. The Labute approximate surface area is 150 Å². The second kappa shape index (κ2) is 9.69. The van der Waals surface area contributed by atoms with E-state index in [1.54, 1.807) is 6.20 Å². The molecule has 0 aromatic carbocycles. The first-order valence-electron chi connectivity index (χ1n) is 8.65.